The predicted octanol–water partition coefficient (Wildman–Crippen LogP) is 4.91. The lowest BCUT2D eigenvalue weighted by atomic mass is 10.2. The fourth-order valence-corrected chi connectivity index (χ4v) is 3.72. The summed E-state index contributed by atoms with van der Waals surface area (Å²) in [6, 6.07) is 6.68. The molecule has 1 fully saturated rings. The van der Waals surface area contributed by atoms with Crippen LogP contribution in [0.4, 0.5) is 23.2 Å². The molecule has 1 amide bonds. The van der Waals surface area contributed by atoms with E-state index in [-0.39, 0.29) is 37.4 Å². The van der Waals surface area contributed by atoms with Crippen LogP contribution in [-0.4, -0.2) is 48.2 Å². The Morgan fingerprint density at radius 3 is 2.30 bits per heavy atom. The molecule has 11 heteroatoms. The standard InChI is InChI=1S/C22H22ClF4N3O2S/c1-3-12(2)32-14-6-4-5-13(11-14)21(31)28-22(33)30-9-7-29(8-10-30)20-18(26)16(24)15(23)17(25)19(20)27/h4-6,11-12H,3,7-10H2,1-2H3,(H,28,31,33). The average Bonchev–Trinajstić information content (AvgIpc) is 2.82. The summed E-state index contributed by atoms with van der Waals surface area (Å²) in [5, 5.41) is 1.52. The van der Waals surface area contributed by atoms with Gasteiger partial charge in [-0.25, -0.2) is 17.6 Å². The number of amides is 1. The van der Waals surface area contributed by atoms with E-state index >= 15 is 0 Å². The van der Waals surface area contributed by atoms with Gasteiger partial charge in [-0.3, -0.25) is 10.1 Å². The predicted molar refractivity (Wildman–Crippen MR) is 122 cm³/mol. The second kappa shape index (κ2) is 10.6. The number of halogens is 5. The molecular weight excluding hydrogens is 482 g/mol. The third-order valence-electron chi connectivity index (χ3n) is 5.30. The van der Waals surface area contributed by atoms with Crippen molar-refractivity contribution in [3.05, 3.63) is 58.1 Å². The van der Waals surface area contributed by atoms with E-state index in [1.54, 1.807) is 29.2 Å². The zero-order valence-electron chi connectivity index (χ0n) is 17.9. The van der Waals surface area contributed by atoms with Crippen molar-refractivity contribution in [2.24, 2.45) is 0 Å². The number of thiocarbonyl (C=S) groups is 1. The second-order valence-electron chi connectivity index (χ2n) is 7.52. The summed E-state index contributed by atoms with van der Waals surface area (Å²) in [7, 11) is 0. The normalized spacial score (nSPS) is 14.8. The van der Waals surface area contributed by atoms with Crippen LogP contribution in [0.1, 0.15) is 30.6 Å². The van der Waals surface area contributed by atoms with Gasteiger partial charge in [0.15, 0.2) is 28.4 Å². The largest absolute Gasteiger partial charge is 0.491 e. The SMILES string of the molecule is CCC(C)Oc1cccc(C(=O)NC(=S)N2CCN(c3c(F)c(F)c(Cl)c(F)c3F)CC2)c1. The highest BCUT2D eigenvalue weighted by atomic mass is 35.5. The van der Waals surface area contributed by atoms with Crippen LogP contribution in [-0.2, 0) is 0 Å². The van der Waals surface area contributed by atoms with Gasteiger partial charge in [0, 0.05) is 31.7 Å². The summed E-state index contributed by atoms with van der Waals surface area (Å²) >= 11 is 10.6. The summed E-state index contributed by atoms with van der Waals surface area (Å²) in [6.07, 6.45) is 0.813. The molecule has 1 N–H and O–H groups in total. The molecule has 2 aromatic carbocycles. The minimum Gasteiger partial charge on any atom is -0.491 e. The van der Waals surface area contributed by atoms with Crippen molar-refractivity contribution in [1.29, 1.82) is 0 Å². The van der Waals surface area contributed by atoms with Crippen molar-refractivity contribution in [2.45, 2.75) is 26.4 Å². The lowest BCUT2D eigenvalue weighted by Gasteiger charge is -2.37. The van der Waals surface area contributed by atoms with Gasteiger partial charge in [-0.05, 0) is 43.8 Å². The molecule has 1 heterocycles. The minimum absolute atomic E-state index is 0.00190. The number of anilines is 1. The molecular formula is C22H22ClF4N3O2S. The van der Waals surface area contributed by atoms with Gasteiger partial charge in [0.1, 0.15) is 16.5 Å². The molecule has 1 aliphatic heterocycles. The van der Waals surface area contributed by atoms with Crippen molar-refractivity contribution < 1.29 is 27.1 Å². The van der Waals surface area contributed by atoms with Gasteiger partial charge in [-0.2, -0.15) is 0 Å². The smallest absolute Gasteiger partial charge is 0.257 e. The van der Waals surface area contributed by atoms with E-state index < -0.39 is 39.9 Å². The van der Waals surface area contributed by atoms with Crippen molar-refractivity contribution in [3.63, 3.8) is 0 Å². The number of carbonyl (C=O) groups excluding carboxylic acids is 1. The quantitative estimate of drug-likeness (QED) is 0.272. The molecule has 1 aliphatic rings. The number of hydrogen-bond acceptors (Lipinski definition) is 4. The maximum atomic E-state index is 14.2. The monoisotopic (exact) mass is 503 g/mol. The number of hydrogen-bond donors (Lipinski definition) is 1. The van der Waals surface area contributed by atoms with Crippen molar-refractivity contribution >= 4 is 40.5 Å². The van der Waals surface area contributed by atoms with E-state index in [9.17, 15) is 22.4 Å². The lowest BCUT2D eigenvalue weighted by molar-refractivity contribution is 0.0972. The van der Waals surface area contributed by atoms with Crippen LogP contribution in [0.5, 0.6) is 5.75 Å². The summed E-state index contributed by atoms with van der Waals surface area (Å²) in [5.74, 6) is -6.27. The Bertz CT molecular complexity index is 1040. The van der Waals surface area contributed by atoms with E-state index in [0.29, 0.717) is 11.3 Å². The average molecular weight is 504 g/mol. The zero-order chi connectivity index (χ0) is 24.3. The van der Waals surface area contributed by atoms with Crippen LogP contribution < -0.4 is 15.0 Å². The van der Waals surface area contributed by atoms with Crippen molar-refractivity contribution in [2.75, 3.05) is 31.1 Å². The summed E-state index contributed by atoms with van der Waals surface area (Å²) in [6.45, 7) is 4.28. The fraction of sp³-hybridized carbons (Fsp3) is 0.364. The molecule has 178 valence electrons. The van der Waals surface area contributed by atoms with Gasteiger partial charge in [-0.15, -0.1) is 0 Å². The molecule has 0 saturated carbocycles. The number of piperazine rings is 1. The highest BCUT2D eigenvalue weighted by Crippen LogP contribution is 2.33. The number of ether oxygens (including phenoxy) is 1. The van der Waals surface area contributed by atoms with Crippen LogP contribution in [0.15, 0.2) is 24.3 Å². The Labute approximate surface area is 199 Å². The van der Waals surface area contributed by atoms with E-state index in [1.807, 2.05) is 13.8 Å². The first-order valence-corrected chi connectivity index (χ1v) is 11.1. The molecule has 0 aliphatic carbocycles. The number of benzene rings is 2. The van der Waals surface area contributed by atoms with Crippen LogP contribution in [0.25, 0.3) is 0 Å². The number of nitrogens with one attached hydrogen (secondary N) is 1. The first-order valence-electron chi connectivity index (χ1n) is 10.3. The second-order valence-corrected chi connectivity index (χ2v) is 8.28. The van der Waals surface area contributed by atoms with Gasteiger partial charge in [-0.1, -0.05) is 24.6 Å². The van der Waals surface area contributed by atoms with Crippen LogP contribution >= 0.6 is 23.8 Å². The van der Waals surface area contributed by atoms with Crippen LogP contribution in [0.2, 0.25) is 5.02 Å². The molecule has 0 radical (unpaired) electrons. The molecule has 2 aromatic rings. The third-order valence-corrected chi connectivity index (χ3v) is 5.99. The van der Waals surface area contributed by atoms with Gasteiger partial charge in [0.25, 0.3) is 5.91 Å². The van der Waals surface area contributed by atoms with Crippen LogP contribution in [0, 0.1) is 23.3 Å². The third kappa shape index (κ3) is 5.50. The Hall–Kier alpha value is -2.59. The molecule has 0 aromatic heterocycles. The molecule has 5 nitrogen and oxygen atoms in total. The Balaban J connectivity index is 1.63. The first kappa shape index (κ1) is 25.0. The van der Waals surface area contributed by atoms with E-state index in [1.165, 1.54) is 4.90 Å². The molecule has 3 rings (SSSR count). The molecule has 0 bridgehead atoms. The molecule has 0 spiro atoms. The number of rotatable bonds is 5. The van der Waals surface area contributed by atoms with E-state index in [0.717, 1.165) is 6.42 Å². The highest BCUT2D eigenvalue weighted by molar-refractivity contribution is 7.80. The van der Waals surface area contributed by atoms with E-state index in [2.05, 4.69) is 5.32 Å². The van der Waals surface area contributed by atoms with Gasteiger partial charge in [0.05, 0.1) is 6.10 Å². The zero-order valence-corrected chi connectivity index (χ0v) is 19.5. The van der Waals surface area contributed by atoms with Gasteiger partial charge >= 0.3 is 0 Å². The number of carbonyl (C=O) groups is 1. The van der Waals surface area contributed by atoms with Gasteiger partial charge in [0.2, 0.25) is 0 Å². The van der Waals surface area contributed by atoms with Crippen LogP contribution in [0.3, 0.4) is 0 Å². The molecule has 1 saturated heterocycles. The maximum Gasteiger partial charge on any atom is 0.257 e. The first-order chi connectivity index (χ1) is 15.6. The fourth-order valence-electron chi connectivity index (χ4n) is 3.28. The minimum atomic E-state index is -1.64. The molecule has 33 heavy (non-hydrogen) atoms. The topological polar surface area (TPSA) is 44.8 Å². The van der Waals surface area contributed by atoms with Crippen molar-refractivity contribution in [1.82, 2.24) is 10.2 Å². The summed E-state index contributed by atoms with van der Waals surface area (Å²) < 4.78 is 61.7. The Kier molecular flexibility index (Phi) is 8.01. The van der Waals surface area contributed by atoms with Crippen molar-refractivity contribution in [3.8, 4) is 5.75 Å². The Morgan fingerprint density at radius 1 is 1.12 bits per heavy atom. The Morgan fingerprint density at radius 2 is 1.73 bits per heavy atom. The van der Waals surface area contributed by atoms with Gasteiger partial charge < -0.3 is 14.5 Å². The number of nitrogens with zero attached hydrogens (tertiary/aromatic N) is 2. The summed E-state index contributed by atoms with van der Waals surface area (Å²) in [5.41, 5.74) is -0.463. The molecule has 1 atom stereocenters. The lowest BCUT2D eigenvalue weighted by Crippen LogP contribution is -2.53. The summed E-state index contributed by atoms with van der Waals surface area (Å²) in [4.78, 5) is 15.4. The van der Waals surface area contributed by atoms with E-state index in [4.69, 9.17) is 28.6 Å². The maximum absolute atomic E-state index is 14.2. The highest BCUT2D eigenvalue weighted by Gasteiger charge is 2.30. The molecule has 1 unspecified atom stereocenters.